The van der Waals surface area contributed by atoms with Crippen LogP contribution in [0.1, 0.15) is 37.0 Å². The molecule has 1 atom stereocenters. The number of benzene rings is 1. The second kappa shape index (κ2) is 9.25. The first-order chi connectivity index (χ1) is 10.9. The molecule has 134 valence electrons. The van der Waals surface area contributed by atoms with Crippen LogP contribution in [0.2, 0.25) is 5.02 Å². The van der Waals surface area contributed by atoms with Crippen LogP contribution in [-0.4, -0.2) is 41.9 Å². The molecule has 5 nitrogen and oxygen atoms in total. The molecule has 1 unspecified atom stereocenters. The van der Waals surface area contributed by atoms with E-state index in [0.717, 1.165) is 12.8 Å². The number of halogens is 2. The maximum Gasteiger partial charge on any atom is 0.251 e. The van der Waals surface area contributed by atoms with Crippen LogP contribution in [0.3, 0.4) is 0 Å². The molecule has 0 spiro atoms. The molecule has 0 aromatic heterocycles. The number of hydrogen-bond acceptors (Lipinski definition) is 3. The SMILES string of the molecule is CC(C)C(NC(=O)c1ccc(Cl)cc1)C(=O)N1CCC(N)CC1.Cl. The zero-order valence-corrected chi connectivity index (χ0v) is 15.6. The Morgan fingerprint density at radius 3 is 2.25 bits per heavy atom. The monoisotopic (exact) mass is 373 g/mol. The quantitative estimate of drug-likeness (QED) is 0.850. The van der Waals surface area contributed by atoms with Gasteiger partial charge in [-0.05, 0) is 43.0 Å². The number of nitrogens with one attached hydrogen (secondary N) is 1. The summed E-state index contributed by atoms with van der Waals surface area (Å²) >= 11 is 5.83. The van der Waals surface area contributed by atoms with Gasteiger partial charge in [0, 0.05) is 29.7 Å². The fourth-order valence-corrected chi connectivity index (χ4v) is 2.78. The Kier molecular flexibility index (Phi) is 8.00. The van der Waals surface area contributed by atoms with E-state index in [1.807, 2.05) is 13.8 Å². The van der Waals surface area contributed by atoms with Crippen LogP contribution in [0.15, 0.2) is 24.3 Å². The lowest BCUT2D eigenvalue weighted by atomic mass is 9.99. The lowest BCUT2D eigenvalue weighted by molar-refractivity contribution is -0.135. The largest absolute Gasteiger partial charge is 0.341 e. The van der Waals surface area contributed by atoms with Gasteiger partial charge in [-0.2, -0.15) is 0 Å². The van der Waals surface area contributed by atoms with Gasteiger partial charge in [0.1, 0.15) is 6.04 Å². The Hall–Kier alpha value is -1.30. The first-order valence-corrected chi connectivity index (χ1v) is 8.37. The molecule has 2 rings (SSSR count). The molecule has 1 saturated heterocycles. The summed E-state index contributed by atoms with van der Waals surface area (Å²) in [6, 6.07) is 6.26. The van der Waals surface area contributed by atoms with Crippen molar-refractivity contribution < 1.29 is 9.59 Å². The van der Waals surface area contributed by atoms with Crippen molar-refractivity contribution in [3.63, 3.8) is 0 Å². The van der Waals surface area contributed by atoms with Crippen LogP contribution in [0.4, 0.5) is 0 Å². The van der Waals surface area contributed by atoms with Gasteiger partial charge >= 0.3 is 0 Å². The fraction of sp³-hybridized carbons (Fsp3) is 0.529. The highest BCUT2D eigenvalue weighted by Gasteiger charge is 2.30. The van der Waals surface area contributed by atoms with E-state index >= 15 is 0 Å². The summed E-state index contributed by atoms with van der Waals surface area (Å²) in [6.45, 7) is 5.17. The van der Waals surface area contributed by atoms with Crippen molar-refractivity contribution in [1.82, 2.24) is 10.2 Å². The Bertz CT molecular complexity index is 555. The molecule has 1 aliphatic heterocycles. The summed E-state index contributed by atoms with van der Waals surface area (Å²) in [5, 5.41) is 3.43. The lowest BCUT2D eigenvalue weighted by Gasteiger charge is -2.34. The van der Waals surface area contributed by atoms with Crippen LogP contribution >= 0.6 is 24.0 Å². The second-order valence-corrected chi connectivity index (χ2v) is 6.80. The van der Waals surface area contributed by atoms with Gasteiger partial charge in [0.15, 0.2) is 0 Å². The normalized spacial score (nSPS) is 16.5. The van der Waals surface area contributed by atoms with E-state index in [0.29, 0.717) is 23.7 Å². The minimum atomic E-state index is -0.535. The summed E-state index contributed by atoms with van der Waals surface area (Å²) in [5.74, 6) is -0.286. The molecular formula is C17H25Cl2N3O2. The molecule has 24 heavy (non-hydrogen) atoms. The molecule has 1 aromatic carbocycles. The maximum absolute atomic E-state index is 12.7. The van der Waals surface area contributed by atoms with Crippen molar-refractivity contribution >= 4 is 35.8 Å². The number of hydrogen-bond donors (Lipinski definition) is 2. The number of carbonyl (C=O) groups excluding carboxylic acids is 2. The molecule has 0 saturated carbocycles. The van der Waals surface area contributed by atoms with E-state index < -0.39 is 6.04 Å². The predicted octanol–water partition coefficient (Wildman–Crippen LogP) is 2.47. The van der Waals surface area contributed by atoms with Gasteiger partial charge < -0.3 is 16.0 Å². The summed E-state index contributed by atoms with van der Waals surface area (Å²) in [4.78, 5) is 26.9. The average molecular weight is 374 g/mol. The van der Waals surface area contributed by atoms with Crippen LogP contribution < -0.4 is 11.1 Å². The summed E-state index contributed by atoms with van der Waals surface area (Å²) in [5.41, 5.74) is 6.38. The Morgan fingerprint density at radius 2 is 1.75 bits per heavy atom. The number of amides is 2. The number of rotatable bonds is 4. The van der Waals surface area contributed by atoms with E-state index in [4.69, 9.17) is 17.3 Å². The number of carbonyl (C=O) groups is 2. The summed E-state index contributed by atoms with van der Waals surface area (Å²) < 4.78 is 0. The molecule has 0 radical (unpaired) electrons. The van der Waals surface area contributed by atoms with Crippen molar-refractivity contribution in [2.24, 2.45) is 11.7 Å². The van der Waals surface area contributed by atoms with Crippen molar-refractivity contribution in [3.05, 3.63) is 34.9 Å². The van der Waals surface area contributed by atoms with E-state index in [-0.39, 0.29) is 36.2 Å². The third kappa shape index (κ3) is 5.36. The smallest absolute Gasteiger partial charge is 0.251 e. The molecule has 1 aliphatic rings. The zero-order valence-electron chi connectivity index (χ0n) is 14.0. The van der Waals surface area contributed by atoms with E-state index in [1.54, 1.807) is 29.2 Å². The molecule has 0 bridgehead atoms. The van der Waals surface area contributed by atoms with Gasteiger partial charge in [0.05, 0.1) is 0 Å². The Balaban J connectivity index is 0.00000288. The first-order valence-electron chi connectivity index (χ1n) is 7.99. The molecule has 3 N–H and O–H groups in total. The number of nitrogens with two attached hydrogens (primary N) is 1. The van der Waals surface area contributed by atoms with Gasteiger partial charge in [-0.3, -0.25) is 9.59 Å². The van der Waals surface area contributed by atoms with Crippen LogP contribution in [0.5, 0.6) is 0 Å². The maximum atomic E-state index is 12.7. The fourth-order valence-electron chi connectivity index (χ4n) is 2.66. The van der Waals surface area contributed by atoms with Crippen LogP contribution in [-0.2, 0) is 4.79 Å². The summed E-state index contributed by atoms with van der Waals surface area (Å²) in [7, 11) is 0. The Morgan fingerprint density at radius 1 is 1.21 bits per heavy atom. The van der Waals surface area contributed by atoms with E-state index in [2.05, 4.69) is 5.32 Å². The first kappa shape index (κ1) is 20.7. The topological polar surface area (TPSA) is 75.4 Å². The standard InChI is InChI=1S/C17H24ClN3O2.ClH/c1-11(2)15(17(23)21-9-7-14(19)8-10-21)20-16(22)12-3-5-13(18)6-4-12;/h3-6,11,14-15H,7-10,19H2,1-2H3,(H,20,22);1H. The molecule has 1 aromatic rings. The third-order valence-electron chi connectivity index (χ3n) is 4.18. The number of piperidine rings is 1. The second-order valence-electron chi connectivity index (χ2n) is 6.36. The molecular weight excluding hydrogens is 349 g/mol. The van der Waals surface area contributed by atoms with Crippen molar-refractivity contribution in [1.29, 1.82) is 0 Å². The molecule has 1 fully saturated rings. The molecule has 7 heteroatoms. The van der Waals surface area contributed by atoms with Gasteiger partial charge in [-0.25, -0.2) is 0 Å². The van der Waals surface area contributed by atoms with Gasteiger partial charge in [0.2, 0.25) is 5.91 Å². The van der Waals surface area contributed by atoms with Crippen molar-refractivity contribution in [2.75, 3.05) is 13.1 Å². The molecule has 2 amide bonds. The third-order valence-corrected chi connectivity index (χ3v) is 4.43. The lowest BCUT2D eigenvalue weighted by Crippen LogP contribution is -2.54. The zero-order chi connectivity index (χ0) is 17.0. The van der Waals surface area contributed by atoms with Gasteiger partial charge in [-0.1, -0.05) is 25.4 Å². The Labute approximate surface area is 154 Å². The summed E-state index contributed by atoms with van der Waals surface area (Å²) in [6.07, 6.45) is 1.61. The minimum absolute atomic E-state index is 0. The highest BCUT2D eigenvalue weighted by Crippen LogP contribution is 2.14. The van der Waals surface area contributed by atoms with E-state index in [9.17, 15) is 9.59 Å². The van der Waals surface area contributed by atoms with Gasteiger partial charge in [-0.15, -0.1) is 12.4 Å². The highest BCUT2D eigenvalue weighted by molar-refractivity contribution is 6.30. The number of likely N-dealkylation sites (tertiary alicyclic amines) is 1. The van der Waals surface area contributed by atoms with Gasteiger partial charge in [0.25, 0.3) is 5.91 Å². The predicted molar refractivity (Wildman–Crippen MR) is 98.6 cm³/mol. The van der Waals surface area contributed by atoms with Crippen molar-refractivity contribution in [3.8, 4) is 0 Å². The number of nitrogens with zero attached hydrogens (tertiary/aromatic N) is 1. The van der Waals surface area contributed by atoms with E-state index in [1.165, 1.54) is 0 Å². The van der Waals surface area contributed by atoms with Crippen molar-refractivity contribution in [2.45, 2.75) is 38.8 Å². The highest BCUT2D eigenvalue weighted by atomic mass is 35.5. The van der Waals surface area contributed by atoms with Crippen LogP contribution in [0.25, 0.3) is 0 Å². The molecule has 0 aliphatic carbocycles. The molecule has 1 heterocycles. The average Bonchev–Trinajstić information content (AvgIpc) is 2.53. The minimum Gasteiger partial charge on any atom is -0.341 e. The van der Waals surface area contributed by atoms with Crippen LogP contribution in [0, 0.1) is 5.92 Å².